The zero-order chi connectivity index (χ0) is 25.2. The van der Waals surface area contributed by atoms with Gasteiger partial charge in [0, 0.05) is 23.5 Å². The zero-order valence-corrected chi connectivity index (χ0v) is 20.5. The molecule has 2 heterocycles. The maximum atomic E-state index is 13.6. The molecule has 0 radical (unpaired) electrons. The molecule has 0 spiro atoms. The number of non-ortho nitro benzene ring substituents is 1. The van der Waals surface area contributed by atoms with Gasteiger partial charge in [-0.05, 0) is 73.6 Å². The number of benzene rings is 3. The minimum atomic E-state index is -0.403. The van der Waals surface area contributed by atoms with Crippen LogP contribution in [-0.4, -0.2) is 20.6 Å². The van der Waals surface area contributed by atoms with Gasteiger partial charge in [0.1, 0.15) is 0 Å². The second kappa shape index (κ2) is 9.67. The number of aryl methyl sites for hydroxylation is 1. The quantitative estimate of drug-likeness (QED) is 0.173. The molecule has 1 aliphatic rings. The van der Waals surface area contributed by atoms with Gasteiger partial charge in [-0.3, -0.25) is 19.8 Å². The van der Waals surface area contributed by atoms with Crippen molar-refractivity contribution in [2.45, 2.75) is 13.8 Å². The van der Waals surface area contributed by atoms with Gasteiger partial charge in [0.2, 0.25) is 0 Å². The van der Waals surface area contributed by atoms with E-state index in [1.807, 2.05) is 97.3 Å². The summed E-state index contributed by atoms with van der Waals surface area (Å²) < 4.78 is 1.96. The van der Waals surface area contributed by atoms with Crippen molar-refractivity contribution in [3.05, 3.63) is 123 Å². The lowest BCUT2D eigenvalue weighted by molar-refractivity contribution is -0.384. The van der Waals surface area contributed by atoms with Crippen molar-refractivity contribution in [3.8, 4) is 5.69 Å². The molecule has 1 aliphatic heterocycles. The summed E-state index contributed by atoms with van der Waals surface area (Å²) in [5.74, 6) is -0.152. The highest BCUT2D eigenvalue weighted by atomic mass is 32.2. The predicted octanol–water partition coefficient (Wildman–Crippen LogP) is 6.81. The van der Waals surface area contributed by atoms with Crippen LogP contribution in [-0.2, 0) is 4.79 Å². The third-order valence-corrected chi connectivity index (χ3v) is 6.83. The number of nitro groups is 1. The van der Waals surface area contributed by atoms with E-state index in [0.29, 0.717) is 15.8 Å². The number of amidine groups is 1. The van der Waals surface area contributed by atoms with Gasteiger partial charge >= 0.3 is 0 Å². The normalized spacial score (nSPS) is 15.7. The summed E-state index contributed by atoms with van der Waals surface area (Å²) >= 11 is 1.33. The lowest BCUT2D eigenvalue weighted by atomic mass is 10.2. The first-order valence-electron chi connectivity index (χ1n) is 11.3. The molecule has 0 unspecified atom stereocenters. The second-order valence-electron chi connectivity index (χ2n) is 8.26. The fourth-order valence-electron chi connectivity index (χ4n) is 4.18. The minimum Gasteiger partial charge on any atom is -0.318 e. The second-order valence-corrected chi connectivity index (χ2v) is 9.26. The smallest absolute Gasteiger partial charge is 0.271 e. The van der Waals surface area contributed by atoms with Gasteiger partial charge in [0.05, 0.1) is 26.9 Å². The molecule has 0 atom stereocenters. The van der Waals surface area contributed by atoms with Crippen molar-refractivity contribution in [1.82, 2.24) is 4.57 Å². The third kappa shape index (κ3) is 4.46. The molecule has 8 heteroatoms. The zero-order valence-electron chi connectivity index (χ0n) is 19.7. The Morgan fingerprint density at radius 3 is 2.25 bits per heavy atom. The van der Waals surface area contributed by atoms with E-state index in [4.69, 9.17) is 4.99 Å². The fourth-order valence-corrected chi connectivity index (χ4v) is 5.18. The Bertz CT molecular complexity index is 1530. The fraction of sp³-hybridized carbons (Fsp3) is 0.0714. The first-order chi connectivity index (χ1) is 17.4. The van der Waals surface area contributed by atoms with E-state index in [1.165, 1.54) is 17.8 Å². The number of thioether (sulfide) groups is 1. The van der Waals surface area contributed by atoms with Crippen LogP contribution in [0.4, 0.5) is 17.1 Å². The van der Waals surface area contributed by atoms with Gasteiger partial charge in [0.25, 0.3) is 11.6 Å². The first kappa shape index (κ1) is 23.3. The van der Waals surface area contributed by atoms with E-state index in [-0.39, 0.29) is 11.6 Å². The highest BCUT2D eigenvalue weighted by Gasteiger charge is 2.35. The summed E-state index contributed by atoms with van der Waals surface area (Å²) in [4.78, 5) is 31.4. The summed E-state index contributed by atoms with van der Waals surface area (Å²) in [6, 6.07) is 27.5. The van der Waals surface area contributed by atoms with Crippen LogP contribution in [0.2, 0.25) is 0 Å². The molecule has 1 fully saturated rings. The number of aromatic nitrogens is 1. The number of nitrogens with zero attached hydrogens (tertiary/aromatic N) is 4. The number of hydrogen-bond acceptors (Lipinski definition) is 5. The van der Waals surface area contributed by atoms with E-state index in [1.54, 1.807) is 17.0 Å². The maximum Gasteiger partial charge on any atom is 0.271 e. The molecule has 0 saturated carbocycles. The Labute approximate surface area is 212 Å². The number of amides is 1. The van der Waals surface area contributed by atoms with Gasteiger partial charge in [-0.15, -0.1) is 0 Å². The highest BCUT2D eigenvalue weighted by molar-refractivity contribution is 8.19. The van der Waals surface area contributed by atoms with Crippen LogP contribution in [0.5, 0.6) is 0 Å². The number of carbonyl (C=O) groups excluding carboxylic acids is 1. The van der Waals surface area contributed by atoms with Crippen LogP contribution in [0.25, 0.3) is 11.8 Å². The summed E-state index contributed by atoms with van der Waals surface area (Å²) in [5.41, 5.74) is 4.90. The topological polar surface area (TPSA) is 80.7 Å². The third-order valence-electron chi connectivity index (χ3n) is 5.86. The lowest BCUT2D eigenvalue weighted by Crippen LogP contribution is -2.28. The average molecular weight is 495 g/mol. The van der Waals surface area contributed by atoms with E-state index >= 15 is 0 Å². The van der Waals surface area contributed by atoms with Crippen LogP contribution in [0.1, 0.15) is 17.0 Å². The Kier molecular flexibility index (Phi) is 6.26. The first-order valence-corrected chi connectivity index (χ1v) is 12.1. The molecule has 178 valence electrons. The van der Waals surface area contributed by atoms with Crippen LogP contribution >= 0.6 is 11.8 Å². The standard InChI is InChI=1S/C28H22N4O3S/c1-19-16-21(20(2)30(19)24-14-9-15-25(18-24)32(34)35)17-26-27(33)31(23-12-7-4-8-13-23)28(36-26)29-22-10-5-3-6-11-22/h3-18H,1-2H3/b26-17-,29-28?. The molecule has 3 aromatic carbocycles. The van der Waals surface area contributed by atoms with E-state index < -0.39 is 4.92 Å². The molecule has 4 aromatic rings. The number of carbonyl (C=O) groups is 1. The average Bonchev–Trinajstić information content (AvgIpc) is 3.34. The molecule has 5 rings (SSSR count). The summed E-state index contributed by atoms with van der Waals surface area (Å²) in [5, 5.41) is 11.8. The minimum absolute atomic E-state index is 0.0294. The van der Waals surface area contributed by atoms with Crippen molar-refractivity contribution < 1.29 is 9.72 Å². The number of nitro benzene ring substituents is 1. The molecule has 0 bridgehead atoms. The Balaban J connectivity index is 1.56. The monoisotopic (exact) mass is 494 g/mol. The molecule has 7 nitrogen and oxygen atoms in total. The molecule has 1 amide bonds. The molecule has 0 aliphatic carbocycles. The molecule has 1 aromatic heterocycles. The van der Waals surface area contributed by atoms with Crippen molar-refractivity contribution in [3.63, 3.8) is 0 Å². The molecule has 36 heavy (non-hydrogen) atoms. The van der Waals surface area contributed by atoms with Crippen LogP contribution in [0.3, 0.4) is 0 Å². The number of para-hydroxylation sites is 2. The summed E-state index contributed by atoms with van der Waals surface area (Å²) in [6.07, 6.45) is 1.87. The SMILES string of the molecule is Cc1cc(/C=C2\SC(=Nc3ccccc3)N(c3ccccc3)C2=O)c(C)n1-c1cccc([N+](=O)[O-])c1. The molecular formula is C28H22N4O3S. The van der Waals surface area contributed by atoms with Gasteiger partial charge in [-0.1, -0.05) is 42.5 Å². The number of rotatable bonds is 5. The maximum absolute atomic E-state index is 13.6. The van der Waals surface area contributed by atoms with Crippen molar-refractivity contribution in [1.29, 1.82) is 0 Å². The number of aliphatic imine (C=N–C) groups is 1. The van der Waals surface area contributed by atoms with Crippen LogP contribution in [0.15, 0.2) is 101 Å². The molecular weight excluding hydrogens is 472 g/mol. The van der Waals surface area contributed by atoms with Crippen molar-refractivity contribution >= 4 is 46.0 Å². The largest absolute Gasteiger partial charge is 0.318 e. The summed E-state index contributed by atoms with van der Waals surface area (Å²) in [7, 11) is 0. The van der Waals surface area contributed by atoms with E-state index in [9.17, 15) is 14.9 Å². The molecule has 1 saturated heterocycles. The van der Waals surface area contributed by atoms with Gasteiger partial charge in [-0.2, -0.15) is 0 Å². The van der Waals surface area contributed by atoms with Gasteiger partial charge < -0.3 is 4.57 Å². The summed E-state index contributed by atoms with van der Waals surface area (Å²) in [6.45, 7) is 3.88. The van der Waals surface area contributed by atoms with E-state index in [2.05, 4.69) is 0 Å². The molecule has 0 N–H and O–H groups in total. The van der Waals surface area contributed by atoms with Gasteiger partial charge in [-0.25, -0.2) is 4.99 Å². The van der Waals surface area contributed by atoms with E-state index in [0.717, 1.165) is 28.3 Å². The number of anilines is 1. The van der Waals surface area contributed by atoms with Crippen molar-refractivity contribution in [2.75, 3.05) is 4.90 Å². The van der Waals surface area contributed by atoms with Crippen molar-refractivity contribution in [2.24, 2.45) is 4.99 Å². The Morgan fingerprint density at radius 1 is 0.889 bits per heavy atom. The van der Waals surface area contributed by atoms with Crippen LogP contribution in [0, 0.1) is 24.0 Å². The Morgan fingerprint density at radius 2 is 1.56 bits per heavy atom. The predicted molar refractivity (Wildman–Crippen MR) is 145 cm³/mol. The van der Waals surface area contributed by atoms with Crippen LogP contribution < -0.4 is 4.90 Å². The van der Waals surface area contributed by atoms with Gasteiger partial charge in [0.15, 0.2) is 5.17 Å². The number of hydrogen-bond donors (Lipinski definition) is 0. The lowest BCUT2D eigenvalue weighted by Gasteiger charge is -2.15. The highest BCUT2D eigenvalue weighted by Crippen LogP contribution is 2.38. The Hall–Kier alpha value is -4.43.